The van der Waals surface area contributed by atoms with Gasteiger partial charge >= 0.3 is 0 Å². The molecule has 0 radical (unpaired) electrons. The van der Waals surface area contributed by atoms with Gasteiger partial charge in [0, 0.05) is 23.5 Å². The Morgan fingerprint density at radius 1 is 0.652 bits per heavy atom. The predicted molar refractivity (Wildman–Crippen MR) is 98.1 cm³/mol. The predicted octanol–water partition coefficient (Wildman–Crippen LogP) is 5.99. The van der Waals surface area contributed by atoms with E-state index in [-0.39, 0.29) is 0 Å². The van der Waals surface area contributed by atoms with Gasteiger partial charge in [-0.3, -0.25) is 0 Å². The van der Waals surface area contributed by atoms with Gasteiger partial charge in [0.15, 0.2) is 0 Å². The van der Waals surface area contributed by atoms with E-state index in [1.54, 1.807) is 0 Å². The van der Waals surface area contributed by atoms with E-state index in [2.05, 4.69) is 86.3 Å². The first kappa shape index (κ1) is 14.1. The van der Waals surface area contributed by atoms with Gasteiger partial charge in [-0.25, -0.2) is 0 Å². The summed E-state index contributed by atoms with van der Waals surface area (Å²) < 4.78 is 0. The molecule has 1 heteroatoms. The molecular formula is C22H21N. The highest BCUT2D eigenvalue weighted by molar-refractivity contribution is 5.84. The first-order valence-electron chi connectivity index (χ1n) is 8.18. The Kier molecular flexibility index (Phi) is 3.23. The molecule has 23 heavy (non-hydrogen) atoms. The minimum atomic E-state index is 1.01. The van der Waals surface area contributed by atoms with Crippen molar-refractivity contribution >= 4 is 17.1 Å². The summed E-state index contributed by atoms with van der Waals surface area (Å²) >= 11 is 0. The number of rotatable bonds is 1. The first-order chi connectivity index (χ1) is 11.1. The zero-order valence-electron chi connectivity index (χ0n) is 13.9. The number of benzene rings is 3. The van der Waals surface area contributed by atoms with Crippen LogP contribution in [0.2, 0.25) is 0 Å². The van der Waals surface area contributed by atoms with Crippen LogP contribution in [-0.2, 0) is 6.42 Å². The molecule has 0 saturated carbocycles. The molecule has 0 bridgehead atoms. The van der Waals surface area contributed by atoms with Gasteiger partial charge in [-0.15, -0.1) is 0 Å². The maximum Gasteiger partial charge on any atom is 0.0497 e. The molecule has 114 valence electrons. The summed E-state index contributed by atoms with van der Waals surface area (Å²) in [6.45, 7) is 6.53. The van der Waals surface area contributed by atoms with Crippen LogP contribution in [0.15, 0.2) is 60.7 Å². The Morgan fingerprint density at radius 3 is 1.78 bits per heavy atom. The smallest absolute Gasteiger partial charge is 0.0497 e. The Labute approximate surface area is 138 Å². The van der Waals surface area contributed by atoms with Crippen molar-refractivity contribution in [3.63, 3.8) is 0 Å². The van der Waals surface area contributed by atoms with Gasteiger partial charge < -0.3 is 4.90 Å². The Morgan fingerprint density at radius 2 is 1.22 bits per heavy atom. The van der Waals surface area contributed by atoms with Gasteiger partial charge in [-0.2, -0.15) is 0 Å². The monoisotopic (exact) mass is 299 g/mol. The quantitative estimate of drug-likeness (QED) is 0.417. The summed E-state index contributed by atoms with van der Waals surface area (Å²) in [5.41, 5.74) is 10.6. The lowest BCUT2D eigenvalue weighted by Crippen LogP contribution is -2.19. The van der Waals surface area contributed by atoms with E-state index < -0.39 is 0 Å². The molecule has 0 aliphatic carbocycles. The van der Waals surface area contributed by atoms with Crippen molar-refractivity contribution in [2.24, 2.45) is 0 Å². The minimum Gasteiger partial charge on any atom is -0.310 e. The van der Waals surface area contributed by atoms with E-state index in [4.69, 9.17) is 0 Å². The summed E-state index contributed by atoms with van der Waals surface area (Å²) in [6, 6.07) is 22.2. The van der Waals surface area contributed by atoms with E-state index >= 15 is 0 Å². The maximum absolute atomic E-state index is 2.42. The maximum atomic E-state index is 2.42. The molecule has 0 amide bonds. The lowest BCUT2D eigenvalue weighted by atomic mass is 9.92. The van der Waals surface area contributed by atoms with Crippen molar-refractivity contribution in [3.05, 3.63) is 88.5 Å². The SMILES string of the molecule is Cc1ccc2c(c1)Cc1cc(C)ccc1N2c1ccccc1C. The molecule has 1 aliphatic rings. The topological polar surface area (TPSA) is 3.24 Å². The van der Waals surface area contributed by atoms with Gasteiger partial charge in [0.1, 0.15) is 0 Å². The number of hydrogen-bond acceptors (Lipinski definition) is 1. The molecule has 1 nitrogen and oxygen atoms in total. The van der Waals surface area contributed by atoms with Crippen molar-refractivity contribution in [3.8, 4) is 0 Å². The zero-order valence-corrected chi connectivity index (χ0v) is 13.9. The molecule has 0 N–H and O–H groups in total. The van der Waals surface area contributed by atoms with Crippen molar-refractivity contribution in [1.82, 2.24) is 0 Å². The molecule has 0 spiro atoms. The van der Waals surface area contributed by atoms with Crippen LogP contribution < -0.4 is 4.90 Å². The normalized spacial score (nSPS) is 12.7. The molecule has 4 rings (SSSR count). The fraction of sp³-hybridized carbons (Fsp3) is 0.182. The van der Waals surface area contributed by atoms with Crippen LogP contribution in [0.5, 0.6) is 0 Å². The summed E-state index contributed by atoms with van der Waals surface area (Å²) in [6.07, 6.45) is 1.01. The van der Waals surface area contributed by atoms with Crippen LogP contribution in [0.3, 0.4) is 0 Å². The molecule has 1 aliphatic heterocycles. The Hall–Kier alpha value is -2.54. The van der Waals surface area contributed by atoms with E-state index in [1.165, 1.54) is 44.9 Å². The van der Waals surface area contributed by atoms with Gasteiger partial charge in [0.05, 0.1) is 0 Å². The largest absolute Gasteiger partial charge is 0.310 e. The molecule has 0 unspecified atom stereocenters. The number of para-hydroxylation sites is 1. The number of fused-ring (bicyclic) bond motifs is 2. The Bertz CT molecular complexity index is 841. The third kappa shape index (κ3) is 2.33. The van der Waals surface area contributed by atoms with Crippen LogP contribution in [0.1, 0.15) is 27.8 Å². The standard InChI is InChI=1S/C22H21N/c1-15-8-10-21-18(12-15)14-19-13-16(2)9-11-22(19)23(21)20-7-5-4-6-17(20)3/h4-13H,14H2,1-3H3. The van der Waals surface area contributed by atoms with E-state index in [0.717, 1.165) is 6.42 Å². The third-order valence-corrected chi connectivity index (χ3v) is 4.69. The second kappa shape index (κ2) is 5.27. The molecule has 0 saturated heterocycles. The summed E-state index contributed by atoms with van der Waals surface area (Å²) in [5.74, 6) is 0. The van der Waals surface area contributed by atoms with Crippen molar-refractivity contribution in [2.75, 3.05) is 4.90 Å². The van der Waals surface area contributed by atoms with Gasteiger partial charge in [0.25, 0.3) is 0 Å². The number of nitrogens with zero attached hydrogens (tertiary/aromatic N) is 1. The van der Waals surface area contributed by atoms with E-state index in [1.807, 2.05) is 0 Å². The second-order valence-electron chi connectivity index (χ2n) is 6.56. The lowest BCUT2D eigenvalue weighted by molar-refractivity contribution is 1.07. The van der Waals surface area contributed by atoms with Crippen LogP contribution in [0, 0.1) is 20.8 Å². The fourth-order valence-corrected chi connectivity index (χ4v) is 3.56. The summed E-state index contributed by atoms with van der Waals surface area (Å²) in [5, 5.41) is 0. The number of hydrogen-bond donors (Lipinski definition) is 0. The number of anilines is 3. The lowest BCUT2D eigenvalue weighted by Gasteiger charge is -2.34. The average Bonchev–Trinajstić information content (AvgIpc) is 2.53. The highest BCUT2D eigenvalue weighted by Gasteiger charge is 2.24. The molecule has 1 heterocycles. The second-order valence-corrected chi connectivity index (χ2v) is 6.56. The van der Waals surface area contributed by atoms with Gasteiger partial charge in [-0.05, 0) is 55.7 Å². The third-order valence-electron chi connectivity index (χ3n) is 4.69. The van der Waals surface area contributed by atoms with Crippen LogP contribution in [0.25, 0.3) is 0 Å². The highest BCUT2D eigenvalue weighted by Crippen LogP contribution is 2.45. The molecule has 0 atom stereocenters. The highest BCUT2D eigenvalue weighted by atomic mass is 15.2. The minimum absolute atomic E-state index is 1.01. The zero-order chi connectivity index (χ0) is 16.0. The molecule has 0 fully saturated rings. The van der Waals surface area contributed by atoms with Crippen molar-refractivity contribution in [2.45, 2.75) is 27.2 Å². The molecular weight excluding hydrogens is 278 g/mol. The fourth-order valence-electron chi connectivity index (χ4n) is 3.56. The van der Waals surface area contributed by atoms with Crippen LogP contribution in [0.4, 0.5) is 17.1 Å². The number of aryl methyl sites for hydroxylation is 3. The molecule has 3 aromatic carbocycles. The van der Waals surface area contributed by atoms with Crippen molar-refractivity contribution in [1.29, 1.82) is 0 Å². The van der Waals surface area contributed by atoms with Crippen LogP contribution in [-0.4, -0.2) is 0 Å². The molecule has 0 aromatic heterocycles. The molecule has 3 aromatic rings. The average molecular weight is 299 g/mol. The summed E-state index contributed by atoms with van der Waals surface area (Å²) in [4.78, 5) is 2.42. The van der Waals surface area contributed by atoms with Crippen LogP contribution >= 0.6 is 0 Å². The van der Waals surface area contributed by atoms with Gasteiger partial charge in [0.2, 0.25) is 0 Å². The van der Waals surface area contributed by atoms with E-state index in [0.29, 0.717) is 0 Å². The Balaban J connectivity index is 2.00. The van der Waals surface area contributed by atoms with Crippen molar-refractivity contribution < 1.29 is 0 Å². The summed E-state index contributed by atoms with van der Waals surface area (Å²) in [7, 11) is 0. The van der Waals surface area contributed by atoms with Gasteiger partial charge in [-0.1, -0.05) is 53.6 Å². The first-order valence-corrected chi connectivity index (χ1v) is 8.18. The van der Waals surface area contributed by atoms with E-state index in [9.17, 15) is 0 Å².